The van der Waals surface area contributed by atoms with Crippen molar-refractivity contribution in [3.05, 3.63) is 54.2 Å². The Morgan fingerprint density at radius 1 is 1.18 bits per heavy atom. The Labute approximate surface area is 135 Å². The zero-order chi connectivity index (χ0) is 15.5. The van der Waals surface area contributed by atoms with E-state index in [9.17, 15) is 4.79 Å². The maximum absolute atomic E-state index is 11.9. The van der Waals surface area contributed by atoms with Crippen LogP contribution >= 0.6 is 0 Å². The van der Waals surface area contributed by atoms with Crippen molar-refractivity contribution in [2.45, 2.75) is 0 Å². The van der Waals surface area contributed by atoms with Crippen molar-refractivity contribution in [2.24, 2.45) is 0 Å². The Morgan fingerprint density at radius 2 is 1.95 bits per heavy atom. The Morgan fingerprint density at radius 3 is 2.64 bits per heavy atom. The number of amides is 1. The van der Waals surface area contributed by atoms with Crippen LogP contribution in [0, 0.1) is 0 Å². The van der Waals surface area contributed by atoms with Crippen molar-refractivity contribution in [3.63, 3.8) is 0 Å². The first-order valence-corrected chi connectivity index (χ1v) is 8.58. The van der Waals surface area contributed by atoms with E-state index in [1.807, 2.05) is 30.5 Å². The van der Waals surface area contributed by atoms with E-state index in [1.54, 1.807) is 14.2 Å². The molecule has 0 aliphatic carbocycles. The fourth-order valence-corrected chi connectivity index (χ4v) is 4.25. The van der Waals surface area contributed by atoms with Gasteiger partial charge in [0.2, 0.25) is 0 Å². The second kappa shape index (κ2) is 6.26. The number of ether oxygens (including phenoxy) is 1. The molecule has 0 saturated carbocycles. The van der Waals surface area contributed by atoms with Crippen LogP contribution in [-0.2, 0) is 0 Å². The van der Waals surface area contributed by atoms with Crippen molar-refractivity contribution in [2.75, 3.05) is 14.2 Å². The van der Waals surface area contributed by atoms with Gasteiger partial charge in [0.1, 0.15) is 0 Å². The van der Waals surface area contributed by atoms with Gasteiger partial charge in [0.05, 0.1) is 0 Å². The van der Waals surface area contributed by atoms with Gasteiger partial charge < -0.3 is 0 Å². The number of carbonyl (C=O) groups excluding carboxylic acids is 1. The number of fused-ring (bicyclic) bond motifs is 1. The molecule has 0 atom stereocenters. The summed E-state index contributed by atoms with van der Waals surface area (Å²) in [6.07, 6.45) is 2.00. The Hall–Kier alpha value is -2.23. The molecule has 22 heavy (non-hydrogen) atoms. The predicted octanol–water partition coefficient (Wildman–Crippen LogP) is 1.19. The van der Waals surface area contributed by atoms with Crippen LogP contribution in [0.25, 0.3) is 10.9 Å². The van der Waals surface area contributed by atoms with E-state index in [-0.39, 0.29) is 20.9 Å². The van der Waals surface area contributed by atoms with Gasteiger partial charge in [-0.25, -0.2) is 0 Å². The number of nitrogens with one attached hydrogen (secondary N) is 2. The van der Waals surface area contributed by atoms with Gasteiger partial charge in [0.15, 0.2) is 0 Å². The molecule has 0 saturated heterocycles. The summed E-state index contributed by atoms with van der Waals surface area (Å²) in [5.41, 5.74) is 1.57. The first kappa shape index (κ1) is 14.7. The third-order valence-corrected chi connectivity index (χ3v) is 5.67. The molecule has 0 radical (unpaired) electrons. The van der Waals surface area contributed by atoms with Crippen LogP contribution < -0.4 is 19.0 Å². The van der Waals surface area contributed by atoms with E-state index >= 15 is 0 Å². The topological polar surface area (TPSA) is 54.1 Å². The van der Waals surface area contributed by atoms with E-state index < -0.39 is 0 Å². The van der Waals surface area contributed by atoms with Gasteiger partial charge >= 0.3 is 135 Å². The molecule has 0 bridgehead atoms. The Bertz CT molecular complexity index is 809. The van der Waals surface area contributed by atoms with Gasteiger partial charge in [0.25, 0.3) is 0 Å². The molecule has 3 aromatic rings. The number of rotatable bonds is 4. The van der Waals surface area contributed by atoms with E-state index in [2.05, 4.69) is 28.5 Å². The molecular weight excluding hydrogens is 343 g/mol. The summed E-state index contributed by atoms with van der Waals surface area (Å²) in [5, 5.41) is 3.79. The van der Waals surface area contributed by atoms with Gasteiger partial charge in [-0.3, -0.25) is 0 Å². The minimum absolute atomic E-state index is 0.0732. The van der Waals surface area contributed by atoms with Gasteiger partial charge in [-0.05, 0) is 0 Å². The molecule has 2 N–H and O–H groups in total. The van der Waals surface area contributed by atoms with Crippen LogP contribution in [-0.4, -0.2) is 40.0 Å². The standard InChI is InChI=1S/C17H16N2O2Se/c1-18-17(20)14-5-3-4-13-15(10-19-16(13)14)22-12-8-6-11(21-2)7-9-12/h3-10,19H,1-2H3,(H,18,20). The molecule has 0 aliphatic rings. The molecule has 1 aromatic heterocycles. The number of aromatic nitrogens is 1. The molecule has 1 amide bonds. The van der Waals surface area contributed by atoms with Gasteiger partial charge in [0, 0.05) is 0 Å². The van der Waals surface area contributed by atoms with Crippen molar-refractivity contribution in [3.8, 4) is 5.75 Å². The first-order chi connectivity index (χ1) is 10.7. The molecule has 112 valence electrons. The van der Waals surface area contributed by atoms with Crippen LogP contribution in [0.2, 0.25) is 0 Å². The summed E-state index contributed by atoms with van der Waals surface area (Å²) >= 11 is 0.172. The second-order valence-electron chi connectivity index (χ2n) is 4.74. The van der Waals surface area contributed by atoms with Crippen LogP contribution in [0.5, 0.6) is 5.75 Å². The van der Waals surface area contributed by atoms with Crippen molar-refractivity contribution < 1.29 is 9.53 Å². The number of methoxy groups -OCH3 is 1. The number of aromatic amines is 1. The van der Waals surface area contributed by atoms with Crippen molar-refractivity contribution in [1.29, 1.82) is 0 Å². The monoisotopic (exact) mass is 360 g/mol. The molecular formula is C17H16N2O2Se. The Kier molecular flexibility index (Phi) is 4.18. The number of H-pyrrole nitrogens is 1. The number of hydrogen-bond donors (Lipinski definition) is 2. The molecule has 0 spiro atoms. The zero-order valence-electron chi connectivity index (χ0n) is 12.3. The number of para-hydroxylation sites is 1. The second-order valence-corrected chi connectivity index (χ2v) is 7.08. The van der Waals surface area contributed by atoms with Crippen LogP contribution in [0.3, 0.4) is 0 Å². The molecule has 1 heterocycles. The Balaban J connectivity index is 1.96. The fraction of sp³-hybridized carbons (Fsp3) is 0.118. The summed E-state index contributed by atoms with van der Waals surface area (Å²) in [6.45, 7) is 0. The molecule has 2 aromatic carbocycles. The minimum atomic E-state index is -0.0732. The predicted molar refractivity (Wildman–Crippen MR) is 89.7 cm³/mol. The van der Waals surface area contributed by atoms with E-state index in [0.29, 0.717) is 5.56 Å². The number of hydrogen-bond acceptors (Lipinski definition) is 2. The summed E-state index contributed by atoms with van der Waals surface area (Å²) in [4.78, 5) is 15.2. The third-order valence-electron chi connectivity index (χ3n) is 3.44. The van der Waals surface area contributed by atoms with E-state index in [0.717, 1.165) is 16.7 Å². The van der Waals surface area contributed by atoms with E-state index in [1.165, 1.54) is 8.92 Å². The summed E-state index contributed by atoms with van der Waals surface area (Å²) < 4.78 is 7.68. The zero-order valence-corrected chi connectivity index (χ0v) is 14.1. The van der Waals surface area contributed by atoms with Crippen LogP contribution in [0.1, 0.15) is 10.4 Å². The average Bonchev–Trinajstić information content (AvgIpc) is 2.98. The maximum atomic E-state index is 11.9. The average molecular weight is 359 g/mol. The fourth-order valence-electron chi connectivity index (χ4n) is 2.31. The number of benzene rings is 2. The molecule has 0 fully saturated rings. The van der Waals surface area contributed by atoms with E-state index in [4.69, 9.17) is 4.74 Å². The first-order valence-electron chi connectivity index (χ1n) is 6.87. The van der Waals surface area contributed by atoms with Crippen molar-refractivity contribution >= 4 is 40.7 Å². The molecule has 5 heteroatoms. The quantitative estimate of drug-likeness (QED) is 0.688. The van der Waals surface area contributed by atoms with Crippen LogP contribution in [0.15, 0.2) is 48.7 Å². The summed E-state index contributed by atoms with van der Waals surface area (Å²) in [5.74, 6) is 0.788. The van der Waals surface area contributed by atoms with Gasteiger partial charge in [-0.1, -0.05) is 0 Å². The van der Waals surface area contributed by atoms with Gasteiger partial charge in [-0.2, -0.15) is 0 Å². The third kappa shape index (κ3) is 2.73. The SMILES string of the molecule is CNC(=O)c1cccc2c([Se]c3ccc(OC)cc3)c[nH]c12. The molecule has 4 nitrogen and oxygen atoms in total. The molecule has 0 unspecified atom stereocenters. The summed E-state index contributed by atoms with van der Waals surface area (Å²) in [6, 6.07) is 13.9. The normalized spacial score (nSPS) is 10.6. The van der Waals surface area contributed by atoms with Crippen LogP contribution in [0.4, 0.5) is 0 Å². The molecule has 3 rings (SSSR count). The number of carbonyl (C=O) groups is 1. The van der Waals surface area contributed by atoms with Gasteiger partial charge in [-0.15, -0.1) is 0 Å². The van der Waals surface area contributed by atoms with Crippen molar-refractivity contribution in [1.82, 2.24) is 10.3 Å². The summed E-state index contributed by atoms with van der Waals surface area (Å²) in [7, 11) is 3.31. The molecule has 0 aliphatic heterocycles.